The highest BCUT2D eigenvalue weighted by Crippen LogP contribution is 2.43. The van der Waals surface area contributed by atoms with Crippen LogP contribution in [0.5, 0.6) is 0 Å². The van der Waals surface area contributed by atoms with E-state index in [1.54, 1.807) is 32.1 Å². The van der Waals surface area contributed by atoms with Crippen LogP contribution in [0.3, 0.4) is 0 Å². The molecule has 2 aliphatic rings. The van der Waals surface area contributed by atoms with Crippen LogP contribution in [-0.2, 0) is 9.59 Å². The molecule has 0 aromatic rings. The maximum Gasteiger partial charge on any atom is 0.290 e. The number of carboxylic acid groups (broad SMARTS) is 1. The predicted molar refractivity (Wildman–Crippen MR) is 50.5 cm³/mol. The molecule has 0 heterocycles. The molecule has 76 valence electrons. The summed E-state index contributed by atoms with van der Waals surface area (Å²) in [5.41, 5.74) is 0. The van der Waals surface area contributed by atoms with Gasteiger partial charge in [0.25, 0.3) is 6.47 Å². The highest BCUT2D eigenvalue weighted by atomic mass is 16.3. The Morgan fingerprint density at radius 1 is 1.08 bits per heavy atom. The lowest BCUT2D eigenvalue weighted by molar-refractivity contribution is -0.122. The fraction of sp³-hybridized carbons (Fsp3) is 0.800. The van der Waals surface area contributed by atoms with Gasteiger partial charge in [0, 0.05) is 0 Å². The van der Waals surface area contributed by atoms with Gasteiger partial charge in [-0.05, 0) is 25.2 Å². The normalized spacial score (nSPS) is 27.8. The molecule has 2 aliphatic carbocycles. The fourth-order valence-corrected chi connectivity index (χ4v) is 2.17. The van der Waals surface area contributed by atoms with Gasteiger partial charge in [-0.1, -0.05) is 25.7 Å². The average molecular weight is 186 g/mol. The van der Waals surface area contributed by atoms with Crippen molar-refractivity contribution in [2.45, 2.75) is 39.0 Å². The topological polar surface area (TPSA) is 54.4 Å². The molecule has 0 unspecified atom stereocenters. The zero-order valence-corrected chi connectivity index (χ0v) is 8.11. The first-order valence-electron chi connectivity index (χ1n) is 4.76. The summed E-state index contributed by atoms with van der Waals surface area (Å²) < 4.78 is 0. The predicted octanol–water partition coefficient (Wildman–Crippen LogP) is 2.10. The van der Waals surface area contributed by atoms with Gasteiger partial charge in [-0.25, -0.2) is 0 Å². The van der Waals surface area contributed by atoms with Crippen molar-refractivity contribution in [1.29, 1.82) is 0 Å². The van der Waals surface area contributed by atoms with Crippen LogP contribution in [0, 0.1) is 11.8 Å². The van der Waals surface area contributed by atoms with E-state index in [1.165, 1.54) is 18.8 Å². The number of fused-ring (bicyclic) bond motifs is 2. The Morgan fingerprint density at radius 3 is 1.38 bits per heavy atom. The molecule has 0 spiro atoms. The second kappa shape index (κ2) is 7.77. The molecule has 0 saturated heterocycles. The molecule has 0 aromatic carbocycles. The van der Waals surface area contributed by atoms with E-state index in [0.717, 1.165) is 6.29 Å². The minimum Gasteiger partial charge on any atom is -0.483 e. The van der Waals surface area contributed by atoms with E-state index in [1.807, 2.05) is 0 Å². The Morgan fingerprint density at radius 2 is 1.31 bits per heavy atom. The van der Waals surface area contributed by atoms with Gasteiger partial charge in [0.1, 0.15) is 6.29 Å². The van der Waals surface area contributed by atoms with Crippen molar-refractivity contribution in [1.82, 2.24) is 0 Å². The monoisotopic (exact) mass is 186 g/mol. The maximum atomic E-state index is 8.81. The maximum absolute atomic E-state index is 8.81. The zero-order chi connectivity index (χ0) is 10.1. The molecule has 13 heavy (non-hydrogen) atoms. The molecule has 2 saturated carbocycles. The highest BCUT2D eigenvalue weighted by molar-refractivity contribution is 5.44. The number of carbonyl (C=O) groups excluding carboxylic acids is 1. The van der Waals surface area contributed by atoms with Crippen molar-refractivity contribution in [2.24, 2.45) is 11.8 Å². The molecule has 3 nitrogen and oxygen atoms in total. The summed E-state index contributed by atoms with van der Waals surface area (Å²) in [7, 11) is 0. The zero-order valence-electron chi connectivity index (χ0n) is 8.11. The van der Waals surface area contributed by atoms with Crippen LogP contribution in [0.2, 0.25) is 0 Å². The standard InChI is InChI=1S/C7H12.C2H4O.CH2O2/c1-2-7-4-3-6(1)5-7;1-2-3;2-1-3/h6-7H,1-5H2;2H,1H3;1H,(H,2,3). The Balaban J connectivity index is 0.000000208. The van der Waals surface area contributed by atoms with Crippen molar-refractivity contribution in [3.63, 3.8) is 0 Å². The van der Waals surface area contributed by atoms with Gasteiger partial charge >= 0.3 is 0 Å². The van der Waals surface area contributed by atoms with Crippen molar-refractivity contribution in [3.8, 4) is 0 Å². The highest BCUT2D eigenvalue weighted by Gasteiger charge is 2.30. The van der Waals surface area contributed by atoms with Gasteiger partial charge in [0.15, 0.2) is 0 Å². The molecule has 2 rings (SSSR count). The second-order valence-corrected chi connectivity index (χ2v) is 3.46. The van der Waals surface area contributed by atoms with Crippen LogP contribution in [0.4, 0.5) is 0 Å². The smallest absolute Gasteiger partial charge is 0.290 e. The quantitative estimate of drug-likeness (QED) is 0.589. The van der Waals surface area contributed by atoms with Crippen LogP contribution in [0.15, 0.2) is 0 Å². The largest absolute Gasteiger partial charge is 0.483 e. The molecule has 2 bridgehead atoms. The number of aldehydes is 1. The number of hydrogen-bond acceptors (Lipinski definition) is 2. The molecular weight excluding hydrogens is 168 g/mol. The fourth-order valence-electron chi connectivity index (χ4n) is 2.17. The van der Waals surface area contributed by atoms with Gasteiger partial charge < -0.3 is 9.90 Å². The molecule has 0 radical (unpaired) electrons. The van der Waals surface area contributed by atoms with Crippen molar-refractivity contribution < 1.29 is 14.7 Å². The Hall–Kier alpha value is -0.860. The van der Waals surface area contributed by atoms with Gasteiger partial charge in [0.2, 0.25) is 0 Å². The first kappa shape index (κ1) is 12.1. The molecule has 1 N–H and O–H groups in total. The minimum absolute atomic E-state index is 0.250. The molecule has 0 aromatic heterocycles. The summed E-state index contributed by atoms with van der Waals surface area (Å²) in [6.45, 7) is 1.19. The summed E-state index contributed by atoms with van der Waals surface area (Å²) in [6, 6.07) is 0. The van der Waals surface area contributed by atoms with Crippen LogP contribution >= 0.6 is 0 Å². The summed E-state index contributed by atoms with van der Waals surface area (Å²) >= 11 is 0. The third-order valence-corrected chi connectivity index (χ3v) is 2.63. The summed E-state index contributed by atoms with van der Waals surface area (Å²) in [4.78, 5) is 17.2. The molecular formula is C10H18O3. The summed E-state index contributed by atoms with van der Waals surface area (Å²) in [5, 5.41) is 6.89. The minimum atomic E-state index is -0.250. The van der Waals surface area contributed by atoms with Crippen molar-refractivity contribution in [2.75, 3.05) is 0 Å². The van der Waals surface area contributed by atoms with Crippen molar-refractivity contribution in [3.05, 3.63) is 0 Å². The number of rotatable bonds is 0. The van der Waals surface area contributed by atoms with Gasteiger partial charge in [-0.2, -0.15) is 0 Å². The molecule has 0 atom stereocenters. The summed E-state index contributed by atoms with van der Waals surface area (Å²) in [6.07, 6.45) is 8.57. The number of carbonyl (C=O) groups is 2. The van der Waals surface area contributed by atoms with E-state index in [4.69, 9.17) is 14.7 Å². The van der Waals surface area contributed by atoms with E-state index < -0.39 is 0 Å². The van der Waals surface area contributed by atoms with Crippen LogP contribution in [0.1, 0.15) is 39.0 Å². The SMILES string of the molecule is C1CC2CCC1C2.CC=O.O=CO. The van der Waals surface area contributed by atoms with Gasteiger partial charge in [-0.15, -0.1) is 0 Å². The van der Waals surface area contributed by atoms with E-state index in [2.05, 4.69) is 0 Å². The third-order valence-electron chi connectivity index (χ3n) is 2.63. The molecule has 3 heteroatoms. The lowest BCUT2D eigenvalue weighted by Gasteiger charge is -2.05. The van der Waals surface area contributed by atoms with Gasteiger partial charge in [-0.3, -0.25) is 4.79 Å². The molecule has 2 fully saturated rings. The first-order valence-corrected chi connectivity index (χ1v) is 4.76. The lowest BCUT2D eigenvalue weighted by Crippen LogP contribution is -1.90. The number of hydrogen-bond donors (Lipinski definition) is 1. The molecule has 0 aliphatic heterocycles. The van der Waals surface area contributed by atoms with Crippen molar-refractivity contribution >= 4 is 12.8 Å². The van der Waals surface area contributed by atoms with Gasteiger partial charge in [0.05, 0.1) is 0 Å². The Bertz CT molecular complexity index is 121. The Kier molecular flexibility index (Phi) is 7.26. The summed E-state index contributed by atoms with van der Waals surface area (Å²) in [5.74, 6) is 2.34. The third kappa shape index (κ3) is 5.39. The van der Waals surface area contributed by atoms with E-state index in [0.29, 0.717) is 0 Å². The Labute approximate surface area is 79.1 Å². The van der Waals surface area contributed by atoms with Crippen LogP contribution in [0.25, 0.3) is 0 Å². The van der Waals surface area contributed by atoms with Crippen LogP contribution in [-0.4, -0.2) is 17.9 Å². The van der Waals surface area contributed by atoms with Crippen LogP contribution < -0.4 is 0 Å². The van der Waals surface area contributed by atoms with E-state index >= 15 is 0 Å². The first-order chi connectivity index (χ1) is 6.28. The van der Waals surface area contributed by atoms with E-state index in [-0.39, 0.29) is 6.47 Å². The molecule has 0 amide bonds. The van der Waals surface area contributed by atoms with E-state index in [9.17, 15) is 0 Å². The average Bonchev–Trinajstić information content (AvgIpc) is 2.69. The lowest BCUT2D eigenvalue weighted by atomic mass is 10.0. The second-order valence-electron chi connectivity index (χ2n) is 3.46.